The van der Waals surface area contributed by atoms with Gasteiger partial charge >= 0.3 is 0 Å². The van der Waals surface area contributed by atoms with Gasteiger partial charge in [0.1, 0.15) is 0 Å². The summed E-state index contributed by atoms with van der Waals surface area (Å²) >= 11 is 0. The molecule has 0 aromatic heterocycles. The first-order valence-electron chi connectivity index (χ1n) is 7.07. The fraction of sp³-hybridized carbons (Fsp3) is 0.923. The number of nitrogens with one attached hydrogen (secondary N) is 1. The standard InChI is InChI=1S/C13H26N2O3S/c1-4-13(3)7-6-9-15(10-8-13)12(16)11-14-19(17,18)5-2/h14H,4-11H2,1-3H3/t13-/m0/s1. The van der Waals surface area contributed by atoms with E-state index >= 15 is 0 Å². The van der Waals surface area contributed by atoms with Gasteiger partial charge in [0, 0.05) is 13.1 Å². The van der Waals surface area contributed by atoms with Crippen molar-refractivity contribution in [1.29, 1.82) is 0 Å². The van der Waals surface area contributed by atoms with E-state index in [1.165, 1.54) is 0 Å². The highest BCUT2D eigenvalue weighted by Gasteiger charge is 2.27. The van der Waals surface area contributed by atoms with Crippen molar-refractivity contribution in [2.45, 2.75) is 46.5 Å². The van der Waals surface area contributed by atoms with Gasteiger partial charge in [-0.15, -0.1) is 0 Å². The summed E-state index contributed by atoms with van der Waals surface area (Å²) in [6.07, 6.45) is 4.25. The molecule has 0 bridgehead atoms. The molecule has 1 aliphatic heterocycles. The van der Waals surface area contributed by atoms with Crippen molar-refractivity contribution in [3.8, 4) is 0 Å². The summed E-state index contributed by atoms with van der Waals surface area (Å²) in [6, 6.07) is 0. The predicted octanol–water partition coefficient (Wildman–Crippen LogP) is 1.35. The molecule has 1 amide bonds. The number of amides is 1. The molecule has 0 saturated carbocycles. The second kappa shape index (κ2) is 6.70. The summed E-state index contributed by atoms with van der Waals surface area (Å²) in [6.45, 7) is 7.37. The molecular weight excluding hydrogens is 264 g/mol. The Bertz CT molecular complexity index is 408. The second-order valence-electron chi connectivity index (χ2n) is 5.62. The quantitative estimate of drug-likeness (QED) is 0.831. The summed E-state index contributed by atoms with van der Waals surface area (Å²) < 4.78 is 25.0. The molecule has 0 spiro atoms. The van der Waals surface area contributed by atoms with E-state index in [0.29, 0.717) is 5.41 Å². The molecule has 1 heterocycles. The fourth-order valence-corrected chi connectivity index (χ4v) is 2.87. The highest BCUT2D eigenvalue weighted by atomic mass is 32.2. The van der Waals surface area contributed by atoms with Gasteiger partial charge in [-0.1, -0.05) is 20.3 Å². The number of carbonyl (C=O) groups is 1. The van der Waals surface area contributed by atoms with Crippen LogP contribution in [0.5, 0.6) is 0 Å². The lowest BCUT2D eigenvalue weighted by molar-refractivity contribution is -0.129. The molecule has 1 N–H and O–H groups in total. The normalized spacial score (nSPS) is 25.1. The van der Waals surface area contributed by atoms with Gasteiger partial charge in [-0.2, -0.15) is 0 Å². The van der Waals surface area contributed by atoms with Crippen molar-refractivity contribution in [3.63, 3.8) is 0 Å². The first-order chi connectivity index (χ1) is 8.82. The first-order valence-corrected chi connectivity index (χ1v) is 8.72. The molecule has 1 rings (SSSR count). The van der Waals surface area contributed by atoms with E-state index in [9.17, 15) is 13.2 Å². The van der Waals surface area contributed by atoms with E-state index in [4.69, 9.17) is 0 Å². The molecule has 0 radical (unpaired) electrons. The van der Waals surface area contributed by atoms with Crippen LogP contribution >= 0.6 is 0 Å². The topological polar surface area (TPSA) is 66.5 Å². The van der Waals surface area contributed by atoms with Gasteiger partial charge in [0.15, 0.2) is 0 Å². The first kappa shape index (κ1) is 16.4. The number of nitrogens with zero attached hydrogens (tertiary/aromatic N) is 1. The molecule has 0 aromatic carbocycles. The summed E-state index contributed by atoms with van der Waals surface area (Å²) in [7, 11) is -3.29. The number of likely N-dealkylation sites (tertiary alicyclic amines) is 1. The molecule has 1 saturated heterocycles. The predicted molar refractivity (Wildman–Crippen MR) is 76.3 cm³/mol. The van der Waals surface area contributed by atoms with Crippen LogP contribution in [0.2, 0.25) is 0 Å². The summed E-state index contributed by atoms with van der Waals surface area (Å²) in [4.78, 5) is 13.8. The lowest BCUT2D eigenvalue weighted by Crippen LogP contribution is -2.41. The highest BCUT2D eigenvalue weighted by molar-refractivity contribution is 7.89. The molecule has 112 valence electrons. The molecule has 0 aliphatic carbocycles. The third kappa shape index (κ3) is 5.10. The van der Waals surface area contributed by atoms with Crippen molar-refractivity contribution in [3.05, 3.63) is 0 Å². The average Bonchev–Trinajstić information content (AvgIpc) is 2.59. The van der Waals surface area contributed by atoms with Crippen LogP contribution in [0.1, 0.15) is 46.5 Å². The molecule has 1 fully saturated rings. The average molecular weight is 290 g/mol. The van der Waals surface area contributed by atoms with Crippen LogP contribution in [0.3, 0.4) is 0 Å². The summed E-state index contributed by atoms with van der Waals surface area (Å²) in [5.74, 6) is -0.105. The monoisotopic (exact) mass is 290 g/mol. The third-order valence-corrected chi connectivity index (χ3v) is 5.57. The van der Waals surface area contributed by atoms with Crippen LogP contribution in [-0.4, -0.2) is 44.6 Å². The van der Waals surface area contributed by atoms with E-state index in [-0.39, 0.29) is 18.2 Å². The van der Waals surface area contributed by atoms with Crippen molar-refractivity contribution < 1.29 is 13.2 Å². The maximum atomic E-state index is 12.0. The molecule has 1 aliphatic rings. The second-order valence-corrected chi connectivity index (χ2v) is 7.72. The number of sulfonamides is 1. The van der Waals surface area contributed by atoms with Gasteiger partial charge in [-0.25, -0.2) is 13.1 Å². The Morgan fingerprint density at radius 1 is 1.26 bits per heavy atom. The number of rotatable bonds is 5. The van der Waals surface area contributed by atoms with Crippen molar-refractivity contribution in [2.24, 2.45) is 5.41 Å². The van der Waals surface area contributed by atoms with Crippen LogP contribution in [0.25, 0.3) is 0 Å². The van der Waals surface area contributed by atoms with E-state index in [2.05, 4.69) is 18.6 Å². The van der Waals surface area contributed by atoms with Crippen LogP contribution in [0, 0.1) is 5.41 Å². The summed E-state index contributed by atoms with van der Waals surface area (Å²) in [5.41, 5.74) is 0.317. The van der Waals surface area contributed by atoms with Crippen LogP contribution < -0.4 is 4.72 Å². The van der Waals surface area contributed by atoms with E-state index < -0.39 is 10.0 Å². The third-order valence-electron chi connectivity index (χ3n) is 4.22. The van der Waals surface area contributed by atoms with Gasteiger partial charge in [0.25, 0.3) is 0 Å². The number of hydrogen-bond acceptors (Lipinski definition) is 3. The van der Waals surface area contributed by atoms with Crippen LogP contribution in [0.4, 0.5) is 0 Å². The lowest BCUT2D eigenvalue weighted by Gasteiger charge is -2.26. The number of carbonyl (C=O) groups excluding carboxylic acids is 1. The van der Waals surface area contributed by atoms with Crippen molar-refractivity contribution >= 4 is 15.9 Å². The maximum absolute atomic E-state index is 12.0. The molecule has 6 heteroatoms. The lowest BCUT2D eigenvalue weighted by atomic mass is 9.80. The van der Waals surface area contributed by atoms with Gasteiger partial charge in [-0.05, 0) is 31.6 Å². The Hall–Kier alpha value is -0.620. The minimum absolute atomic E-state index is 0.00812. The van der Waals surface area contributed by atoms with Crippen LogP contribution in [-0.2, 0) is 14.8 Å². The van der Waals surface area contributed by atoms with Crippen molar-refractivity contribution in [1.82, 2.24) is 9.62 Å². The molecule has 19 heavy (non-hydrogen) atoms. The zero-order valence-electron chi connectivity index (χ0n) is 12.2. The zero-order valence-corrected chi connectivity index (χ0v) is 13.1. The maximum Gasteiger partial charge on any atom is 0.237 e. The largest absolute Gasteiger partial charge is 0.342 e. The Morgan fingerprint density at radius 3 is 2.53 bits per heavy atom. The Labute approximate surface area is 116 Å². The fourth-order valence-electron chi connectivity index (χ4n) is 2.33. The molecular formula is C13H26N2O3S. The minimum atomic E-state index is -3.29. The molecule has 0 unspecified atom stereocenters. The van der Waals surface area contributed by atoms with Gasteiger partial charge in [-0.3, -0.25) is 4.79 Å². The van der Waals surface area contributed by atoms with E-state index in [0.717, 1.165) is 38.8 Å². The molecule has 5 nitrogen and oxygen atoms in total. The SMILES string of the molecule is CC[C@@]1(C)CCCN(C(=O)CNS(=O)(=O)CC)CC1. The summed E-state index contributed by atoms with van der Waals surface area (Å²) in [5, 5.41) is 0. The van der Waals surface area contributed by atoms with E-state index in [1.807, 2.05) is 0 Å². The van der Waals surface area contributed by atoms with Gasteiger partial charge in [0.2, 0.25) is 15.9 Å². The Morgan fingerprint density at radius 2 is 1.95 bits per heavy atom. The smallest absolute Gasteiger partial charge is 0.237 e. The van der Waals surface area contributed by atoms with E-state index in [1.54, 1.807) is 11.8 Å². The zero-order chi connectivity index (χ0) is 14.5. The Balaban J connectivity index is 2.50. The molecule has 0 aromatic rings. The highest BCUT2D eigenvalue weighted by Crippen LogP contribution is 2.33. The Kier molecular flexibility index (Phi) is 5.80. The minimum Gasteiger partial charge on any atom is -0.342 e. The number of hydrogen-bond donors (Lipinski definition) is 1. The molecule has 1 atom stereocenters. The van der Waals surface area contributed by atoms with Gasteiger partial charge < -0.3 is 4.90 Å². The van der Waals surface area contributed by atoms with Crippen molar-refractivity contribution in [2.75, 3.05) is 25.4 Å². The van der Waals surface area contributed by atoms with Crippen LogP contribution in [0.15, 0.2) is 0 Å². The van der Waals surface area contributed by atoms with Gasteiger partial charge in [0.05, 0.1) is 12.3 Å².